The standard InChI is InChI=1S/C20H22N4O4S/c1-14(25)15-9-11-16(12-10-15)29(27,28)24(2)13-5-8-19(26)23-20-21-17-6-3-4-7-18(17)22-20/h3-4,6-7,9-12H,5,8,13H2,1-2H3,(H2,21,22,23,26). The number of carbonyl (C=O) groups is 2. The third-order valence-electron chi connectivity index (χ3n) is 4.49. The van der Waals surface area contributed by atoms with Crippen molar-refractivity contribution in [1.82, 2.24) is 14.3 Å². The molecular formula is C20H22N4O4S. The van der Waals surface area contributed by atoms with Crippen molar-refractivity contribution in [2.24, 2.45) is 0 Å². The van der Waals surface area contributed by atoms with Gasteiger partial charge in [0, 0.05) is 25.6 Å². The number of ketones is 1. The number of para-hydroxylation sites is 2. The summed E-state index contributed by atoms with van der Waals surface area (Å²) in [7, 11) is -2.22. The van der Waals surface area contributed by atoms with Crippen LogP contribution >= 0.6 is 0 Å². The molecule has 3 aromatic rings. The number of imidazole rings is 1. The van der Waals surface area contributed by atoms with Gasteiger partial charge in [0.2, 0.25) is 21.9 Å². The molecule has 0 unspecified atom stereocenters. The summed E-state index contributed by atoms with van der Waals surface area (Å²) in [5.41, 5.74) is 2.03. The second-order valence-corrected chi connectivity index (χ2v) is 8.71. The number of amides is 1. The quantitative estimate of drug-likeness (QED) is 0.551. The summed E-state index contributed by atoms with van der Waals surface area (Å²) in [5.74, 6) is -0.0128. The lowest BCUT2D eigenvalue weighted by Gasteiger charge is -2.17. The molecule has 0 fully saturated rings. The van der Waals surface area contributed by atoms with Crippen molar-refractivity contribution < 1.29 is 18.0 Å². The molecule has 0 aliphatic carbocycles. The van der Waals surface area contributed by atoms with E-state index in [4.69, 9.17) is 0 Å². The Morgan fingerprint density at radius 3 is 2.45 bits per heavy atom. The molecule has 8 nitrogen and oxygen atoms in total. The largest absolute Gasteiger partial charge is 0.324 e. The van der Waals surface area contributed by atoms with Crippen LogP contribution in [0.1, 0.15) is 30.1 Å². The highest BCUT2D eigenvalue weighted by molar-refractivity contribution is 7.89. The Morgan fingerprint density at radius 1 is 1.10 bits per heavy atom. The summed E-state index contributed by atoms with van der Waals surface area (Å²) in [4.78, 5) is 30.8. The maximum Gasteiger partial charge on any atom is 0.242 e. The van der Waals surface area contributed by atoms with E-state index in [0.717, 1.165) is 11.0 Å². The fraction of sp³-hybridized carbons (Fsp3) is 0.250. The zero-order chi connectivity index (χ0) is 21.0. The number of nitrogens with zero attached hydrogens (tertiary/aromatic N) is 2. The van der Waals surface area contributed by atoms with E-state index in [0.29, 0.717) is 17.9 Å². The van der Waals surface area contributed by atoms with E-state index in [1.54, 1.807) is 0 Å². The number of anilines is 1. The van der Waals surface area contributed by atoms with Gasteiger partial charge in [-0.2, -0.15) is 0 Å². The first kappa shape index (κ1) is 20.7. The van der Waals surface area contributed by atoms with E-state index in [-0.39, 0.29) is 29.6 Å². The minimum Gasteiger partial charge on any atom is -0.324 e. The van der Waals surface area contributed by atoms with Gasteiger partial charge in [0.15, 0.2) is 5.78 Å². The molecule has 2 N–H and O–H groups in total. The maximum atomic E-state index is 12.6. The van der Waals surface area contributed by atoms with Crippen molar-refractivity contribution in [2.45, 2.75) is 24.7 Å². The Balaban J connectivity index is 1.53. The van der Waals surface area contributed by atoms with Crippen LogP contribution in [0.15, 0.2) is 53.4 Å². The monoisotopic (exact) mass is 414 g/mol. The Hall–Kier alpha value is -3.04. The number of aromatic amines is 1. The third kappa shape index (κ3) is 4.87. The van der Waals surface area contributed by atoms with Gasteiger partial charge in [0.1, 0.15) is 0 Å². The van der Waals surface area contributed by atoms with E-state index in [9.17, 15) is 18.0 Å². The van der Waals surface area contributed by atoms with Crippen LogP contribution < -0.4 is 5.32 Å². The van der Waals surface area contributed by atoms with Crippen LogP contribution in [0.4, 0.5) is 5.95 Å². The van der Waals surface area contributed by atoms with Gasteiger partial charge in [0.05, 0.1) is 15.9 Å². The number of H-pyrrole nitrogens is 1. The Kier molecular flexibility index (Phi) is 6.09. The predicted molar refractivity (Wildman–Crippen MR) is 110 cm³/mol. The zero-order valence-electron chi connectivity index (χ0n) is 16.2. The molecule has 9 heteroatoms. The molecule has 1 aromatic heterocycles. The third-order valence-corrected chi connectivity index (χ3v) is 6.36. The first-order chi connectivity index (χ1) is 13.8. The first-order valence-electron chi connectivity index (χ1n) is 9.09. The van der Waals surface area contributed by atoms with Gasteiger partial charge < -0.3 is 4.98 Å². The molecule has 29 heavy (non-hydrogen) atoms. The van der Waals surface area contributed by atoms with Crippen LogP contribution in [0.3, 0.4) is 0 Å². The highest BCUT2D eigenvalue weighted by atomic mass is 32.2. The summed E-state index contributed by atoms with van der Waals surface area (Å²) in [6.07, 6.45) is 0.507. The minimum atomic E-state index is -3.68. The number of hydrogen-bond donors (Lipinski definition) is 2. The minimum absolute atomic E-state index is 0.108. The van der Waals surface area contributed by atoms with Gasteiger partial charge in [-0.15, -0.1) is 0 Å². The number of sulfonamides is 1. The predicted octanol–water partition coefficient (Wildman–Crippen LogP) is 2.80. The molecule has 0 radical (unpaired) electrons. The number of Topliss-reactive ketones (excluding diaryl/α,β-unsaturated/α-hetero) is 1. The van der Waals surface area contributed by atoms with Gasteiger partial charge >= 0.3 is 0 Å². The number of carbonyl (C=O) groups excluding carboxylic acids is 2. The molecule has 0 spiro atoms. The highest BCUT2D eigenvalue weighted by Crippen LogP contribution is 2.17. The molecule has 3 rings (SSSR count). The van der Waals surface area contributed by atoms with Crippen molar-refractivity contribution in [2.75, 3.05) is 18.9 Å². The van der Waals surface area contributed by atoms with E-state index in [1.807, 2.05) is 24.3 Å². The molecule has 152 valence electrons. The van der Waals surface area contributed by atoms with Crippen molar-refractivity contribution >= 4 is 38.7 Å². The molecule has 0 saturated carbocycles. The summed E-state index contributed by atoms with van der Waals surface area (Å²) in [6.45, 7) is 1.61. The summed E-state index contributed by atoms with van der Waals surface area (Å²) >= 11 is 0. The second-order valence-electron chi connectivity index (χ2n) is 6.66. The van der Waals surface area contributed by atoms with Crippen LogP contribution in [0, 0.1) is 0 Å². The van der Waals surface area contributed by atoms with Crippen molar-refractivity contribution in [3.05, 3.63) is 54.1 Å². The van der Waals surface area contributed by atoms with Crippen LogP contribution in [0.2, 0.25) is 0 Å². The van der Waals surface area contributed by atoms with Gasteiger partial charge in [0.25, 0.3) is 0 Å². The smallest absolute Gasteiger partial charge is 0.242 e. The highest BCUT2D eigenvalue weighted by Gasteiger charge is 2.21. The normalized spacial score (nSPS) is 11.7. The van der Waals surface area contributed by atoms with Crippen LogP contribution in [-0.4, -0.2) is 48.0 Å². The number of rotatable bonds is 8. The Labute approximate surface area is 169 Å². The average molecular weight is 414 g/mol. The lowest BCUT2D eigenvalue weighted by molar-refractivity contribution is -0.116. The van der Waals surface area contributed by atoms with Gasteiger partial charge in [-0.05, 0) is 37.6 Å². The fourth-order valence-electron chi connectivity index (χ4n) is 2.83. The molecule has 0 saturated heterocycles. The lowest BCUT2D eigenvalue weighted by Crippen LogP contribution is -2.28. The maximum absolute atomic E-state index is 12.6. The van der Waals surface area contributed by atoms with Crippen LogP contribution in [-0.2, 0) is 14.8 Å². The number of nitrogens with one attached hydrogen (secondary N) is 2. The van der Waals surface area contributed by atoms with Crippen LogP contribution in [0.5, 0.6) is 0 Å². The average Bonchev–Trinajstić information content (AvgIpc) is 3.10. The van der Waals surface area contributed by atoms with Gasteiger partial charge in [-0.25, -0.2) is 17.7 Å². The van der Waals surface area contributed by atoms with Gasteiger partial charge in [-0.1, -0.05) is 24.3 Å². The fourth-order valence-corrected chi connectivity index (χ4v) is 4.04. The molecular weight excluding hydrogens is 392 g/mol. The molecule has 1 heterocycles. The van der Waals surface area contributed by atoms with Crippen LogP contribution in [0.25, 0.3) is 11.0 Å². The molecule has 0 atom stereocenters. The number of fused-ring (bicyclic) bond motifs is 1. The molecule has 0 aliphatic rings. The SMILES string of the molecule is CC(=O)c1ccc(S(=O)(=O)N(C)CCCC(=O)Nc2nc3ccccc3[nH]2)cc1. The van der Waals surface area contributed by atoms with E-state index < -0.39 is 10.0 Å². The Morgan fingerprint density at radius 2 is 1.79 bits per heavy atom. The number of hydrogen-bond acceptors (Lipinski definition) is 5. The van der Waals surface area contributed by atoms with Gasteiger partial charge in [-0.3, -0.25) is 14.9 Å². The molecule has 2 aromatic carbocycles. The van der Waals surface area contributed by atoms with E-state index in [1.165, 1.54) is 42.5 Å². The zero-order valence-corrected chi connectivity index (χ0v) is 17.0. The Bertz CT molecular complexity index is 1100. The van der Waals surface area contributed by atoms with Crippen molar-refractivity contribution in [3.63, 3.8) is 0 Å². The first-order valence-corrected chi connectivity index (χ1v) is 10.5. The van der Waals surface area contributed by atoms with E-state index in [2.05, 4.69) is 15.3 Å². The van der Waals surface area contributed by atoms with E-state index >= 15 is 0 Å². The number of benzene rings is 2. The van der Waals surface area contributed by atoms with Crippen molar-refractivity contribution in [1.29, 1.82) is 0 Å². The molecule has 0 aliphatic heterocycles. The number of aromatic nitrogens is 2. The second kappa shape index (κ2) is 8.54. The summed E-state index contributed by atoms with van der Waals surface area (Å²) in [6, 6.07) is 13.2. The summed E-state index contributed by atoms with van der Waals surface area (Å²) in [5, 5.41) is 2.69. The lowest BCUT2D eigenvalue weighted by atomic mass is 10.2. The van der Waals surface area contributed by atoms with Crippen molar-refractivity contribution in [3.8, 4) is 0 Å². The summed E-state index contributed by atoms with van der Waals surface area (Å²) < 4.78 is 26.4. The molecule has 1 amide bonds. The topological polar surface area (TPSA) is 112 Å². The molecule has 0 bridgehead atoms.